The standard InChI is InChI=1S/C12H16BrClN2O/c1-7-3-4-9(5-8(7)2)17-11-10(13)6-15-12(14)16-11/h6-9H,3-5H2,1-2H3. The van der Waals surface area contributed by atoms with Crippen molar-refractivity contribution in [2.75, 3.05) is 0 Å². The third-order valence-corrected chi connectivity index (χ3v) is 4.24. The zero-order valence-corrected chi connectivity index (χ0v) is 12.3. The van der Waals surface area contributed by atoms with E-state index in [1.165, 1.54) is 6.42 Å². The first-order chi connectivity index (χ1) is 8.06. The van der Waals surface area contributed by atoms with Crippen molar-refractivity contribution in [1.82, 2.24) is 9.97 Å². The summed E-state index contributed by atoms with van der Waals surface area (Å²) < 4.78 is 6.66. The zero-order valence-electron chi connectivity index (χ0n) is 9.99. The van der Waals surface area contributed by atoms with Gasteiger partial charge in [-0.1, -0.05) is 13.8 Å². The van der Waals surface area contributed by atoms with Crippen LogP contribution in [0, 0.1) is 11.8 Å². The van der Waals surface area contributed by atoms with Crippen LogP contribution in [0.1, 0.15) is 33.1 Å². The molecule has 0 aromatic carbocycles. The summed E-state index contributed by atoms with van der Waals surface area (Å²) in [6.45, 7) is 4.58. The predicted octanol–water partition coefficient (Wildman–Crippen LogP) is 4.10. The monoisotopic (exact) mass is 318 g/mol. The summed E-state index contributed by atoms with van der Waals surface area (Å²) >= 11 is 9.14. The minimum absolute atomic E-state index is 0.223. The molecule has 1 aliphatic rings. The van der Waals surface area contributed by atoms with Gasteiger partial charge in [0.2, 0.25) is 11.2 Å². The summed E-state index contributed by atoms with van der Waals surface area (Å²) in [5.74, 6) is 2.04. The molecule has 0 spiro atoms. The summed E-state index contributed by atoms with van der Waals surface area (Å²) in [4.78, 5) is 7.98. The van der Waals surface area contributed by atoms with Crippen molar-refractivity contribution < 1.29 is 4.74 Å². The third kappa shape index (κ3) is 3.32. The van der Waals surface area contributed by atoms with E-state index < -0.39 is 0 Å². The molecule has 0 bridgehead atoms. The van der Waals surface area contributed by atoms with E-state index in [1.54, 1.807) is 6.20 Å². The first kappa shape index (κ1) is 13.1. The zero-order chi connectivity index (χ0) is 12.4. The highest BCUT2D eigenvalue weighted by Gasteiger charge is 2.26. The number of halogens is 2. The summed E-state index contributed by atoms with van der Waals surface area (Å²) in [7, 11) is 0. The highest BCUT2D eigenvalue weighted by atomic mass is 79.9. The number of nitrogens with zero attached hydrogens (tertiary/aromatic N) is 2. The van der Waals surface area contributed by atoms with Gasteiger partial charge in [-0.05, 0) is 58.6 Å². The Balaban J connectivity index is 2.03. The first-order valence-corrected chi connectivity index (χ1v) is 7.08. The van der Waals surface area contributed by atoms with Crippen LogP contribution in [0.15, 0.2) is 10.7 Å². The molecule has 1 aromatic heterocycles. The molecule has 1 saturated carbocycles. The van der Waals surface area contributed by atoms with Gasteiger partial charge in [-0.15, -0.1) is 0 Å². The molecule has 2 rings (SSSR count). The van der Waals surface area contributed by atoms with Crippen molar-refractivity contribution in [3.63, 3.8) is 0 Å². The fourth-order valence-corrected chi connectivity index (χ4v) is 2.59. The molecule has 3 atom stereocenters. The SMILES string of the molecule is CC1CCC(Oc2nc(Cl)ncc2Br)CC1C. The number of ether oxygens (including phenoxy) is 1. The van der Waals surface area contributed by atoms with Gasteiger partial charge < -0.3 is 4.74 Å². The van der Waals surface area contributed by atoms with E-state index in [2.05, 4.69) is 39.7 Å². The lowest BCUT2D eigenvalue weighted by molar-refractivity contribution is 0.0956. The molecule has 94 valence electrons. The molecule has 1 fully saturated rings. The second-order valence-electron chi connectivity index (χ2n) is 4.80. The molecule has 0 N–H and O–H groups in total. The lowest BCUT2D eigenvalue weighted by Crippen LogP contribution is -2.29. The van der Waals surface area contributed by atoms with Gasteiger partial charge in [-0.3, -0.25) is 0 Å². The molecule has 0 amide bonds. The van der Waals surface area contributed by atoms with Crippen molar-refractivity contribution in [2.45, 2.75) is 39.2 Å². The maximum Gasteiger partial charge on any atom is 0.232 e. The Morgan fingerprint density at radius 3 is 2.82 bits per heavy atom. The molecule has 3 nitrogen and oxygen atoms in total. The molecular formula is C12H16BrClN2O. The topological polar surface area (TPSA) is 35.0 Å². The average molecular weight is 320 g/mol. The van der Waals surface area contributed by atoms with Crippen LogP contribution in [0.3, 0.4) is 0 Å². The predicted molar refractivity (Wildman–Crippen MR) is 71.3 cm³/mol. The van der Waals surface area contributed by atoms with Crippen LogP contribution in [0.2, 0.25) is 5.28 Å². The third-order valence-electron chi connectivity index (χ3n) is 3.51. The van der Waals surface area contributed by atoms with E-state index in [9.17, 15) is 0 Å². The van der Waals surface area contributed by atoms with Crippen LogP contribution >= 0.6 is 27.5 Å². The van der Waals surface area contributed by atoms with Crippen LogP contribution < -0.4 is 4.74 Å². The first-order valence-electron chi connectivity index (χ1n) is 5.91. The van der Waals surface area contributed by atoms with Gasteiger partial charge in [0.05, 0.1) is 4.47 Å². The minimum atomic E-state index is 0.223. The van der Waals surface area contributed by atoms with Crippen molar-refractivity contribution >= 4 is 27.5 Å². The Morgan fingerprint density at radius 2 is 2.12 bits per heavy atom. The van der Waals surface area contributed by atoms with Crippen LogP contribution in [0.4, 0.5) is 0 Å². The van der Waals surface area contributed by atoms with Gasteiger partial charge in [-0.25, -0.2) is 4.98 Å². The number of aromatic nitrogens is 2. The Morgan fingerprint density at radius 1 is 1.35 bits per heavy atom. The minimum Gasteiger partial charge on any atom is -0.473 e. The summed E-state index contributed by atoms with van der Waals surface area (Å²) in [6.07, 6.45) is 5.24. The fourth-order valence-electron chi connectivity index (χ4n) is 2.18. The van der Waals surface area contributed by atoms with Crippen LogP contribution in [-0.4, -0.2) is 16.1 Å². The summed E-state index contributed by atoms with van der Waals surface area (Å²) in [6, 6.07) is 0. The molecule has 1 aromatic rings. The van der Waals surface area contributed by atoms with Gasteiger partial charge >= 0.3 is 0 Å². The quantitative estimate of drug-likeness (QED) is 0.770. The van der Waals surface area contributed by atoms with E-state index in [1.807, 2.05) is 0 Å². The van der Waals surface area contributed by atoms with E-state index >= 15 is 0 Å². The van der Waals surface area contributed by atoms with Crippen molar-refractivity contribution in [3.05, 3.63) is 16.0 Å². The van der Waals surface area contributed by atoms with E-state index in [0.717, 1.165) is 23.2 Å². The second kappa shape index (κ2) is 5.53. The Labute approximate surface area is 115 Å². The molecular weight excluding hydrogens is 304 g/mol. The van der Waals surface area contributed by atoms with E-state index in [4.69, 9.17) is 16.3 Å². The van der Waals surface area contributed by atoms with Gasteiger partial charge in [0.25, 0.3) is 0 Å². The average Bonchev–Trinajstić information content (AvgIpc) is 2.29. The van der Waals surface area contributed by atoms with Gasteiger partial charge in [0.15, 0.2) is 0 Å². The lowest BCUT2D eigenvalue weighted by atomic mass is 9.80. The normalized spacial score (nSPS) is 29.1. The van der Waals surface area contributed by atoms with Crippen LogP contribution in [-0.2, 0) is 0 Å². The smallest absolute Gasteiger partial charge is 0.232 e. The van der Waals surface area contributed by atoms with Gasteiger partial charge in [0, 0.05) is 6.20 Å². The highest BCUT2D eigenvalue weighted by Crippen LogP contribution is 2.33. The molecule has 5 heteroatoms. The van der Waals surface area contributed by atoms with Crippen LogP contribution in [0.25, 0.3) is 0 Å². The highest BCUT2D eigenvalue weighted by molar-refractivity contribution is 9.10. The molecule has 1 aliphatic carbocycles. The summed E-state index contributed by atoms with van der Waals surface area (Å²) in [5.41, 5.74) is 0. The maximum atomic E-state index is 5.90. The molecule has 3 unspecified atom stereocenters. The largest absolute Gasteiger partial charge is 0.473 e. The van der Waals surface area contributed by atoms with Crippen molar-refractivity contribution in [3.8, 4) is 5.88 Å². The number of hydrogen-bond donors (Lipinski definition) is 0. The molecule has 0 saturated heterocycles. The molecule has 0 radical (unpaired) electrons. The van der Waals surface area contributed by atoms with Gasteiger partial charge in [0.1, 0.15) is 6.10 Å². The Bertz CT molecular complexity index is 402. The molecule has 0 aliphatic heterocycles. The van der Waals surface area contributed by atoms with E-state index in [-0.39, 0.29) is 11.4 Å². The van der Waals surface area contributed by atoms with E-state index in [0.29, 0.717) is 11.8 Å². The fraction of sp³-hybridized carbons (Fsp3) is 0.667. The Kier molecular flexibility index (Phi) is 4.26. The Hall–Kier alpha value is -0.350. The van der Waals surface area contributed by atoms with Gasteiger partial charge in [-0.2, -0.15) is 4.98 Å². The van der Waals surface area contributed by atoms with Crippen molar-refractivity contribution in [1.29, 1.82) is 0 Å². The lowest BCUT2D eigenvalue weighted by Gasteiger charge is -2.32. The maximum absolute atomic E-state index is 5.90. The second-order valence-corrected chi connectivity index (χ2v) is 5.99. The molecule has 1 heterocycles. The number of hydrogen-bond acceptors (Lipinski definition) is 3. The van der Waals surface area contributed by atoms with Crippen LogP contribution in [0.5, 0.6) is 5.88 Å². The number of rotatable bonds is 2. The molecule has 17 heavy (non-hydrogen) atoms. The summed E-state index contributed by atoms with van der Waals surface area (Å²) in [5, 5.41) is 0.223. The van der Waals surface area contributed by atoms with Crippen molar-refractivity contribution in [2.24, 2.45) is 11.8 Å².